The summed E-state index contributed by atoms with van der Waals surface area (Å²) < 4.78 is 9.20. The number of pyridine rings is 1. The zero-order chi connectivity index (χ0) is 25.1. The minimum absolute atomic E-state index is 0.328. The van der Waals surface area contributed by atoms with Crippen molar-refractivity contribution in [2.45, 2.75) is 33.5 Å². The maximum Gasteiger partial charge on any atom is 0.412 e. The van der Waals surface area contributed by atoms with Crippen LogP contribution in [0.1, 0.15) is 27.9 Å². The van der Waals surface area contributed by atoms with Gasteiger partial charge in [0.05, 0.1) is 25.5 Å². The number of nitrogens with one attached hydrogen (secondary N) is 1. The third kappa shape index (κ3) is 5.35. The van der Waals surface area contributed by atoms with Gasteiger partial charge in [-0.2, -0.15) is 10.2 Å². The molecule has 0 radical (unpaired) electrons. The Morgan fingerprint density at radius 2 is 1.69 bits per heavy atom. The van der Waals surface area contributed by atoms with Crippen LogP contribution >= 0.6 is 0 Å². The molecule has 9 heteroatoms. The van der Waals surface area contributed by atoms with Crippen LogP contribution in [0.4, 0.5) is 10.6 Å². The molecule has 0 aliphatic rings. The third-order valence-corrected chi connectivity index (χ3v) is 5.87. The van der Waals surface area contributed by atoms with Gasteiger partial charge >= 0.3 is 6.09 Å². The molecule has 5 rings (SSSR count). The Bertz CT molecular complexity index is 1520. The van der Waals surface area contributed by atoms with Gasteiger partial charge in [-0.05, 0) is 53.6 Å². The Balaban J connectivity index is 1.16. The fraction of sp³-hybridized carbons (Fsp3) is 0.185. The van der Waals surface area contributed by atoms with Crippen molar-refractivity contribution in [1.82, 2.24) is 29.9 Å². The second kappa shape index (κ2) is 9.91. The van der Waals surface area contributed by atoms with E-state index in [-0.39, 0.29) is 0 Å². The van der Waals surface area contributed by atoms with Crippen LogP contribution in [-0.2, 0) is 19.6 Å². The van der Waals surface area contributed by atoms with Gasteiger partial charge in [0, 0.05) is 24.3 Å². The van der Waals surface area contributed by atoms with Gasteiger partial charge in [0.15, 0.2) is 5.75 Å². The molecule has 5 aromatic rings. The standard InChI is InChI=1S/C27H27N7O2/c1-18-12-31-33(14-18)15-20-3-5-21(6-4-20)16-34-17-25(19(2)32-34)36-27(35)30-13-22-7-8-24-23(11-22)9-10-29-26(24)28/h3-12,14,17H,13,15-16H2,1-2H3,(H2,28,29)(H,30,35). The van der Waals surface area contributed by atoms with Crippen LogP contribution in [0.25, 0.3) is 10.8 Å². The Morgan fingerprint density at radius 3 is 2.42 bits per heavy atom. The molecule has 2 aromatic carbocycles. The van der Waals surface area contributed by atoms with E-state index in [0.717, 1.165) is 34.0 Å². The maximum absolute atomic E-state index is 12.4. The molecule has 0 fully saturated rings. The Labute approximate surface area is 208 Å². The number of carbonyl (C=O) groups excluding carboxylic acids is 1. The van der Waals surface area contributed by atoms with Gasteiger partial charge in [-0.1, -0.05) is 36.4 Å². The van der Waals surface area contributed by atoms with Gasteiger partial charge in [0.2, 0.25) is 0 Å². The molecule has 0 bridgehead atoms. The second-order valence-electron chi connectivity index (χ2n) is 8.80. The van der Waals surface area contributed by atoms with Gasteiger partial charge in [-0.25, -0.2) is 9.78 Å². The molecule has 36 heavy (non-hydrogen) atoms. The first-order valence-electron chi connectivity index (χ1n) is 11.6. The van der Waals surface area contributed by atoms with E-state index in [1.807, 2.05) is 55.2 Å². The lowest BCUT2D eigenvalue weighted by molar-refractivity contribution is 0.199. The minimum Gasteiger partial charge on any atom is -0.407 e. The molecule has 3 N–H and O–H groups in total. The monoisotopic (exact) mass is 481 g/mol. The first-order valence-corrected chi connectivity index (χ1v) is 11.6. The number of anilines is 1. The number of aryl methyl sites for hydroxylation is 2. The molecular weight excluding hydrogens is 454 g/mol. The molecule has 3 heterocycles. The van der Waals surface area contributed by atoms with Crippen LogP contribution in [-0.4, -0.2) is 30.6 Å². The average Bonchev–Trinajstić information content (AvgIpc) is 3.43. The summed E-state index contributed by atoms with van der Waals surface area (Å²) in [6.07, 6.45) is 6.74. The Morgan fingerprint density at radius 1 is 0.972 bits per heavy atom. The fourth-order valence-electron chi connectivity index (χ4n) is 4.03. The van der Waals surface area contributed by atoms with E-state index in [1.165, 1.54) is 5.56 Å². The number of carbonyl (C=O) groups is 1. The topological polar surface area (TPSA) is 113 Å². The molecule has 0 aliphatic carbocycles. The largest absolute Gasteiger partial charge is 0.412 e. The van der Waals surface area contributed by atoms with Crippen molar-refractivity contribution in [3.8, 4) is 5.75 Å². The first kappa shape index (κ1) is 23.1. The quantitative estimate of drug-likeness (QED) is 0.360. The number of nitrogens with zero attached hydrogens (tertiary/aromatic N) is 5. The lowest BCUT2D eigenvalue weighted by Crippen LogP contribution is -2.26. The minimum atomic E-state index is -0.537. The SMILES string of the molecule is Cc1cnn(Cc2ccc(Cn3cc(OC(=O)NCc4ccc5c(N)nccc5c4)c(C)n3)cc2)c1. The highest BCUT2D eigenvalue weighted by atomic mass is 16.6. The molecular formula is C27H27N7O2. The number of fused-ring (bicyclic) bond motifs is 1. The zero-order valence-electron chi connectivity index (χ0n) is 20.2. The normalized spacial score (nSPS) is 11.1. The van der Waals surface area contributed by atoms with E-state index in [0.29, 0.717) is 30.4 Å². The summed E-state index contributed by atoms with van der Waals surface area (Å²) in [5.74, 6) is 0.912. The van der Waals surface area contributed by atoms with Gasteiger partial charge in [-0.3, -0.25) is 9.36 Å². The Hall–Kier alpha value is -4.66. The lowest BCUT2D eigenvalue weighted by Gasteiger charge is -2.07. The van der Waals surface area contributed by atoms with E-state index in [2.05, 4.69) is 44.8 Å². The summed E-state index contributed by atoms with van der Waals surface area (Å²) in [5, 5.41) is 13.5. The number of nitrogen functional groups attached to an aromatic ring is 1. The number of aromatic nitrogens is 5. The van der Waals surface area contributed by atoms with Crippen LogP contribution in [0.2, 0.25) is 0 Å². The molecule has 3 aromatic heterocycles. The van der Waals surface area contributed by atoms with E-state index in [9.17, 15) is 4.79 Å². The third-order valence-electron chi connectivity index (χ3n) is 5.87. The number of nitrogens with two attached hydrogens (primary N) is 1. The van der Waals surface area contributed by atoms with E-state index in [4.69, 9.17) is 10.5 Å². The van der Waals surface area contributed by atoms with Crippen LogP contribution < -0.4 is 15.8 Å². The molecule has 0 saturated carbocycles. The number of rotatable bonds is 7. The number of hydrogen-bond acceptors (Lipinski definition) is 6. The predicted molar refractivity (Wildman–Crippen MR) is 138 cm³/mol. The smallest absolute Gasteiger partial charge is 0.407 e. The summed E-state index contributed by atoms with van der Waals surface area (Å²) >= 11 is 0. The van der Waals surface area contributed by atoms with Gasteiger partial charge in [0.1, 0.15) is 11.5 Å². The van der Waals surface area contributed by atoms with Crippen molar-refractivity contribution in [1.29, 1.82) is 0 Å². The molecule has 0 atom stereocenters. The maximum atomic E-state index is 12.4. The van der Waals surface area contributed by atoms with E-state index >= 15 is 0 Å². The summed E-state index contributed by atoms with van der Waals surface area (Å²) in [7, 11) is 0. The Kier molecular flexibility index (Phi) is 6.36. The molecule has 0 unspecified atom stereocenters. The van der Waals surface area contributed by atoms with Crippen LogP contribution in [0, 0.1) is 13.8 Å². The molecule has 0 spiro atoms. The van der Waals surface area contributed by atoms with Crippen LogP contribution in [0.15, 0.2) is 73.3 Å². The number of hydrogen-bond donors (Lipinski definition) is 2. The fourth-order valence-corrected chi connectivity index (χ4v) is 4.03. The van der Waals surface area contributed by atoms with Gasteiger partial charge in [0.25, 0.3) is 0 Å². The van der Waals surface area contributed by atoms with Crippen molar-refractivity contribution < 1.29 is 9.53 Å². The van der Waals surface area contributed by atoms with Gasteiger partial charge < -0.3 is 15.8 Å². The van der Waals surface area contributed by atoms with E-state index < -0.39 is 6.09 Å². The second-order valence-corrected chi connectivity index (χ2v) is 8.80. The van der Waals surface area contributed by atoms with Crippen molar-refractivity contribution in [3.63, 3.8) is 0 Å². The number of benzene rings is 2. The molecule has 182 valence electrons. The summed E-state index contributed by atoms with van der Waals surface area (Å²) in [6, 6.07) is 16.0. The highest BCUT2D eigenvalue weighted by molar-refractivity contribution is 5.91. The highest BCUT2D eigenvalue weighted by Gasteiger charge is 2.12. The number of amides is 1. The number of ether oxygens (including phenoxy) is 1. The van der Waals surface area contributed by atoms with Crippen LogP contribution in [0.5, 0.6) is 5.75 Å². The van der Waals surface area contributed by atoms with E-state index in [1.54, 1.807) is 17.1 Å². The van der Waals surface area contributed by atoms with Crippen molar-refractivity contribution in [3.05, 3.63) is 101 Å². The lowest BCUT2D eigenvalue weighted by atomic mass is 10.1. The zero-order valence-corrected chi connectivity index (χ0v) is 20.2. The summed E-state index contributed by atoms with van der Waals surface area (Å²) in [6.45, 7) is 5.47. The van der Waals surface area contributed by atoms with Crippen LogP contribution in [0.3, 0.4) is 0 Å². The van der Waals surface area contributed by atoms with Crippen molar-refractivity contribution in [2.75, 3.05) is 5.73 Å². The van der Waals surface area contributed by atoms with Gasteiger partial charge in [-0.15, -0.1) is 0 Å². The average molecular weight is 482 g/mol. The summed E-state index contributed by atoms with van der Waals surface area (Å²) in [4.78, 5) is 16.5. The van der Waals surface area contributed by atoms with Crippen molar-refractivity contribution in [2.24, 2.45) is 0 Å². The predicted octanol–water partition coefficient (Wildman–Crippen LogP) is 4.21. The summed E-state index contributed by atoms with van der Waals surface area (Å²) in [5.41, 5.74) is 10.9. The molecule has 0 saturated heterocycles. The first-order chi connectivity index (χ1) is 17.4. The molecule has 1 amide bonds. The molecule has 0 aliphatic heterocycles. The van der Waals surface area contributed by atoms with Crippen molar-refractivity contribution >= 4 is 22.7 Å². The highest BCUT2D eigenvalue weighted by Crippen LogP contribution is 2.20. The molecule has 9 nitrogen and oxygen atoms in total.